The maximum absolute atomic E-state index is 2.27. The third kappa shape index (κ3) is 310. The van der Waals surface area contributed by atoms with E-state index in [1.54, 1.807) is 0 Å². The summed E-state index contributed by atoms with van der Waals surface area (Å²) in [5.41, 5.74) is 0. The molecule has 0 aliphatic heterocycles. The summed E-state index contributed by atoms with van der Waals surface area (Å²) in [5, 5.41) is 0. The van der Waals surface area contributed by atoms with Crippen LogP contribution in [-0.2, 0) is 0 Å². The fourth-order valence-corrected chi connectivity index (χ4v) is 0. The molecular formula is C6H18SbSi2. The van der Waals surface area contributed by atoms with E-state index in [0.717, 1.165) is 0 Å². The molecule has 0 heterocycles. The second kappa shape index (κ2) is 12.0. The molecular weight excluding hydrogens is 250 g/mol. The van der Waals surface area contributed by atoms with Crippen molar-refractivity contribution in [2.24, 2.45) is 0 Å². The SMILES string of the molecule is C[Si](C)C.C[Si](C)C.[Sb]. The van der Waals surface area contributed by atoms with Gasteiger partial charge < -0.3 is 0 Å². The first kappa shape index (κ1) is 16.7. The maximum Gasteiger partial charge on any atom is 0.0379 e. The Labute approximate surface area is 81.1 Å². The largest absolute Gasteiger partial charge is 0.0715 e. The molecule has 0 amide bonds. The molecule has 0 aromatic rings. The topological polar surface area (TPSA) is 0 Å². The van der Waals surface area contributed by atoms with Crippen LogP contribution in [0.2, 0.25) is 39.3 Å². The van der Waals surface area contributed by atoms with E-state index in [2.05, 4.69) is 39.3 Å². The van der Waals surface area contributed by atoms with E-state index in [1.807, 2.05) is 0 Å². The molecule has 0 saturated heterocycles. The molecule has 0 N–H and O–H groups in total. The standard InChI is InChI=1S/2C3H9Si.Sb/c2*1-4(2)3;/h2*1-3H3;. The van der Waals surface area contributed by atoms with Crippen LogP contribution >= 0.6 is 0 Å². The van der Waals surface area contributed by atoms with Gasteiger partial charge in [0.25, 0.3) is 0 Å². The van der Waals surface area contributed by atoms with Crippen LogP contribution in [-0.4, -0.2) is 42.0 Å². The Hall–Kier alpha value is 1.25. The van der Waals surface area contributed by atoms with E-state index >= 15 is 0 Å². The van der Waals surface area contributed by atoms with Gasteiger partial charge in [-0.15, -0.1) is 0 Å². The van der Waals surface area contributed by atoms with Crippen LogP contribution in [0.25, 0.3) is 0 Å². The molecule has 0 bridgehead atoms. The van der Waals surface area contributed by atoms with Crippen molar-refractivity contribution in [3.8, 4) is 0 Å². The van der Waals surface area contributed by atoms with Gasteiger partial charge in [-0.05, 0) is 0 Å². The van der Waals surface area contributed by atoms with Gasteiger partial charge in [-0.2, -0.15) is 0 Å². The van der Waals surface area contributed by atoms with Crippen LogP contribution in [0.4, 0.5) is 0 Å². The molecule has 0 fully saturated rings. The summed E-state index contributed by atoms with van der Waals surface area (Å²) < 4.78 is 0. The van der Waals surface area contributed by atoms with Gasteiger partial charge in [0.05, 0.1) is 0 Å². The summed E-state index contributed by atoms with van der Waals surface area (Å²) in [5.74, 6) is 0. The molecule has 0 saturated carbocycles. The van der Waals surface area contributed by atoms with Crippen molar-refractivity contribution in [2.45, 2.75) is 39.3 Å². The maximum atomic E-state index is 2.27. The van der Waals surface area contributed by atoms with Crippen LogP contribution < -0.4 is 0 Å². The normalized spacial score (nSPS) is 8.00. The van der Waals surface area contributed by atoms with Crippen LogP contribution in [0, 0.1) is 0 Å². The molecule has 0 rings (SSSR count). The van der Waals surface area contributed by atoms with Gasteiger partial charge in [0, 0.05) is 42.0 Å². The molecule has 3 heteroatoms. The number of hydrogen-bond acceptors (Lipinski definition) is 0. The third-order valence-electron chi connectivity index (χ3n) is 0. The summed E-state index contributed by atoms with van der Waals surface area (Å²) in [6, 6.07) is 0. The summed E-state index contributed by atoms with van der Waals surface area (Å²) in [4.78, 5) is 0. The van der Waals surface area contributed by atoms with Crippen molar-refractivity contribution in [1.29, 1.82) is 0 Å². The summed E-state index contributed by atoms with van der Waals surface area (Å²) in [6.45, 7) is 13.6. The molecule has 5 radical (unpaired) electrons. The zero-order valence-electron chi connectivity index (χ0n) is 7.45. The Morgan fingerprint density at radius 3 is 0.556 bits per heavy atom. The molecule has 0 aromatic heterocycles. The van der Waals surface area contributed by atoms with Crippen molar-refractivity contribution < 1.29 is 0 Å². The Bertz CT molecular complexity index is 26.5. The first-order valence-electron chi connectivity index (χ1n) is 3.00. The van der Waals surface area contributed by atoms with E-state index in [1.165, 1.54) is 0 Å². The Balaban J connectivity index is -0.0000000720. The zero-order valence-corrected chi connectivity index (χ0v) is 12.0. The molecule has 0 nitrogen and oxygen atoms in total. The van der Waals surface area contributed by atoms with Gasteiger partial charge in [0.2, 0.25) is 0 Å². The Morgan fingerprint density at radius 2 is 0.556 bits per heavy atom. The Kier molecular flexibility index (Phi) is 22.2. The van der Waals surface area contributed by atoms with Crippen LogP contribution in [0.5, 0.6) is 0 Å². The molecule has 9 heavy (non-hydrogen) atoms. The Morgan fingerprint density at radius 1 is 0.556 bits per heavy atom. The van der Waals surface area contributed by atoms with Gasteiger partial charge in [-0.25, -0.2) is 0 Å². The first-order chi connectivity index (χ1) is 3.46. The van der Waals surface area contributed by atoms with Gasteiger partial charge in [0.15, 0.2) is 0 Å². The molecule has 0 aliphatic carbocycles. The quantitative estimate of drug-likeness (QED) is 0.592. The predicted octanol–water partition coefficient (Wildman–Crippen LogP) is 2.36. The summed E-state index contributed by atoms with van der Waals surface area (Å²) in [6.07, 6.45) is 0. The monoisotopic (exact) mass is 267 g/mol. The zero-order chi connectivity index (χ0) is 7.15. The van der Waals surface area contributed by atoms with Gasteiger partial charge >= 0.3 is 0 Å². The molecule has 0 spiro atoms. The van der Waals surface area contributed by atoms with Crippen molar-refractivity contribution >= 4 is 42.0 Å². The number of hydrogen-bond donors (Lipinski definition) is 0. The molecule has 0 aliphatic rings. The van der Waals surface area contributed by atoms with E-state index in [-0.39, 0.29) is 42.0 Å². The summed E-state index contributed by atoms with van der Waals surface area (Å²) >= 11 is 0. The second-order valence-corrected chi connectivity index (χ2v) is 9.00. The minimum absolute atomic E-state index is 0. The van der Waals surface area contributed by atoms with Gasteiger partial charge in [-0.3, -0.25) is 0 Å². The molecule has 0 aromatic carbocycles. The fraction of sp³-hybridized carbons (Fsp3) is 1.00. The van der Waals surface area contributed by atoms with E-state index in [4.69, 9.17) is 0 Å². The third-order valence-corrected chi connectivity index (χ3v) is 0. The summed E-state index contributed by atoms with van der Waals surface area (Å²) in [7, 11) is 0.241. The van der Waals surface area contributed by atoms with Gasteiger partial charge in [-0.1, -0.05) is 39.3 Å². The molecule has 55 valence electrons. The van der Waals surface area contributed by atoms with E-state index in [0.29, 0.717) is 0 Å². The number of rotatable bonds is 0. The fourth-order valence-electron chi connectivity index (χ4n) is 0. The van der Waals surface area contributed by atoms with Crippen molar-refractivity contribution in [3.63, 3.8) is 0 Å². The average Bonchev–Trinajstić information content (AvgIpc) is 1.25. The molecule has 0 unspecified atom stereocenters. The van der Waals surface area contributed by atoms with Crippen LogP contribution in [0.3, 0.4) is 0 Å². The first-order valence-corrected chi connectivity index (χ1v) is 9.00. The van der Waals surface area contributed by atoms with Crippen LogP contribution in [0.15, 0.2) is 0 Å². The minimum Gasteiger partial charge on any atom is -0.0715 e. The molecule has 0 atom stereocenters. The van der Waals surface area contributed by atoms with Crippen molar-refractivity contribution in [2.75, 3.05) is 0 Å². The average molecular weight is 268 g/mol. The van der Waals surface area contributed by atoms with Crippen molar-refractivity contribution in [1.82, 2.24) is 0 Å². The van der Waals surface area contributed by atoms with Crippen molar-refractivity contribution in [3.05, 3.63) is 0 Å². The van der Waals surface area contributed by atoms with Gasteiger partial charge in [0.1, 0.15) is 0 Å². The minimum atomic E-state index is 0. The van der Waals surface area contributed by atoms with E-state index in [9.17, 15) is 0 Å². The predicted molar refractivity (Wildman–Crippen MR) is 52.4 cm³/mol. The van der Waals surface area contributed by atoms with E-state index < -0.39 is 0 Å². The second-order valence-electron chi connectivity index (χ2n) is 3.00. The van der Waals surface area contributed by atoms with Crippen LogP contribution in [0.1, 0.15) is 0 Å². The smallest absolute Gasteiger partial charge is 0.0379 e.